The fourth-order valence-electron chi connectivity index (χ4n) is 4.60. The second kappa shape index (κ2) is 8.40. The van der Waals surface area contributed by atoms with Crippen LogP contribution < -0.4 is 15.5 Å². The number of nitrogens with two attached hydrogens (primary N) is 1. The molecule has 4 heterocycles. The van der Waals surface area contributed by atoms with Gasteiger partial charge < -0.3 is 20.6 Å². The number of thioether (sulfide) groups is 1. The molecule has 0 spiro atoms. The van der Waals surface area contributed by atoms with Crippen molar-refractivity contribution >= 4 is 34.0 Å². The monoisotopic (exact) mass is 434 g/mol. The third-order valence-electron chi connectivity index (χ3n) is 6.35. The zero-order valence-electron chi connectivity index (χ0n) is 17.3. The highest BCUT2D eigenvalue weighted by Gasteiger charge is 2.42. The number of piperidine rings is 2. The van der Waals surface area contributed by atoms with Crippen molar-refractivity contribution in [1.29, 1.82) is 5.26 Å². The number of rotatable bonds is 3. The molecular formula is C23H26N6OS. The second-order valence-electron chi connectivity index (χ2n) is 8.32. The van der Waals surface area contributed by atoms with E-state index in [-0.39, 0.29) is 11.3 Å². The Kier molecular flexibility index (Phi) is 5.47. The Morgan fingerprint density at radius 2 is 1.97 bits per heavy atom. The van der Waals surface area contributed by atoms with Crippen LogP contribution in [0.1, 0.15) is 36.8 Å². The van der Waals surface area contributed by atoms with E-state index in [4.69, 9.17) is 10.7 Å². The smallest absolute Gasteiger partial charge is 0.141 e. The molecule has 1 aromatic heterocycles. The normalized spacial score (nSPS) is 25.7. The SMILES string of the molecule is N#Cc1cc(N2CCC3N=C(c4ccc(N5CCCCC5)nc4)SC3C2O)ccc1N. The van der Waals surface area contributed by atoms with Gasteiger partial charge >= 0.3 is 0 Å². The van der Waals surface area contributed by atoms with E-state index < -0.39 is 6.23 Å². The summed E-state index contributed by atoms with van der Waals surface area (Å²) < 4.78 is 0. The third-order valence-corrected chi connectivity index (χ3v) is 7.75. The second-order valence-corrected chi connectivity index (χ2v) is 9.48. The van der Waals surface area contributed by atoms with Crippen LogP contribution in [0.15, 0.2) is 41.5 Å². The Morgan fingerprint density at radius 1 is 1.13 bits per heavy atom. The number of nitrogen functional groups attached to an aromatic ring is 1. The summed E-state index contributed by atoms with van der Waals surface area (Å²) in [6, 6.07) is 11.7. The molecule has 0 radical (unpaired) electrons. The van der Waals surface area contributed by atoms with E-state index in [9.17, 15) is 10.4 Å². The number of nitrogens with zero attached hydrogens (tertiary/aromatic N) is 5. The summed E-state index contributed by atoms with van der Waals surface area (Å²) in [7, 11) is 0. The lowest BCUT2D eigenvalue weighted by atomic mass is 10.0. The molecule has 5 rings (SSSR count). The summed E-state index contributed by atoms with van der Waals surface area (Å²) in [6.07, 6.45) is 5.85. The minimum atomic E-state index is -0.680. The van der Waals surface area contributed by atoms with Gasteiger partial charge in [-0.2, -0.15) is 5.26 Å². The Bertz CT molecular complexity index is 1030. The molecular weight excluding hydrogens is 408 g/mol. The van der Waals surface area contributed by atoms with Crippen molar-refractivity contribution < 1.29 is 5.11 Å². The van der Waals surface area contributed by atoms with Gasteiger partial charge in [0.1, 0.15) is 23.2 Å². The average Bonchev–Trinajstić information content (AvgIpc) is 3.26. The first-order valence-electron chi connectivity index (χ1n) is 10.8. The highest BCUT2D eigenvalue weighted by molar-refractivity contribution is 8.15. The van der Waals surface area contributed by atoms with Crippen LogP contribution in [0.3, 0.4) is 0 Å². The number of aliphatic hydroxyl groups excluding tert-OH is 1. The number of benzene rings is 1. The molecule has 1 aromatic carbocycles. The van der Waals surface area contributed by atoms with Crippen molar-refractivity contribution in [2.45, 2.75) is 43.2 Å². The molecule has 7 nitrogen and oxygen atoms in total. The molecule has 3 N–H and O–H groups in total. The van der Waals surface area contributed by atoms with E-state index in [1.807, 2.05) is 17.2 Å². The van der Waals surface area contributed by atoms with Crippen LogP contribution in [0.5, 0.6) is 0 Å². The lowest BCUT2D eigenvalue weighted by Crippen LogP contribution is -2.51. The molecule has 8 heteroatoms. The van der Waals surface area contributed by atoms with Crippen molar-refractivity contribution in [1.82, 2.24) is 4.98 Å². The maximum absolute atomic E-state index is 11.1. The predicted molar refractivity (Wildman–Crippen MR) is 126 cm³/mol. The van der Waals surface area contributed by atoms with Crippen molar-refractivity contribution in [3.05, 3.63) is 47.7 Å². The van der Waals surface area contributed by atoms with Gasteiger partial charge in [-0.05, 0) is 56.0 Å². The van der Waals surface area contributed by atoms with Crippen LogP contribution in [0.2, 0.25) is 0 Å². The number of aromatic nitrogens is 1. The highest BCUT2D eigenvalue weighted by atomic mass is 32.2. The Morgan fingerprint density at radius 3 is 2.71 bits per heavy atom. The van der Waals surface area contributed by atoms with Gasteiger partial charge in [0.25, 0.3) is 0 Å². The lowest BCUT2D eigenvalue weighted by molar-refractivity contribution is 0.140. The number of aliphatic hydroxyl groups is 1. The molecule has 3 aliphatic rings. The van der Waals surface area contributed by atoms with Crippen LogP contribution in [0.4, 0.5) is 17.2 Å². The minimum absolute atomic E-state index is 0.0476. The van der Waals surface area contributed by atoms with E-state index in [0.29, 0.717) is 17.8 Å². The fourth-order valence-corrected chi connectivity index (χ4v) is 5.93. The van der Waals surface area contributed by atoms with Crippen LogP contribution in [0, 0.1) is 11.3 Å². The summed E-state index contributed by atoms with van der Waals surface area (Å²) in [6.45, 7) is 2.83. The van der Waals surface area contributed by atoms with Crippen LogP contribution >= 0.6 is 11.8 Å². The number of fused-ring (bicyclic) bond motifs is 1. The van der Waals surface area contributed by atoms with Gasteiger partial charge in [0.15, 0.2) is 0 Å². The van der Waals surface area contributed by atoms with E-state index >= 15 is 0 Å². The maximum atomic E-state index is 11.1. The number of hydrogen-bond acceptors (Lipinski definition) is 8. The largest absolute Gasteiger partial charge is 0.398 e. The maximum Gasteiger partial charge on any atom is 0.141 e. The molecule has 0 bridgehead atoms. The van der Waals surface area contributed by atoms with Crippen molar-refractivity contribution in [2.24, 2.45) is 4.99 Å². The summed E-state index contributed by atoms with van der Waals surface area (Å²) in [4.78, 5) is 13.9. The number of pyridine rings is 1. The zero-order valence-corrected chi connectivity index (χ0v) is 18.1. The first-order chi connectivity index (χ1) is 15.1. The number of hydrogen-bond donors (Lipinski definition) is 2. The topological polar surface area (TPSA) is 102 Å². The number of aliphatic imine (C=N–C) groups is 1. The number of nitriles is 1. The summed E-state index contributed by atoms with van der Waals surface area (Å²) >= 11 is 1.62. The zero-order chi connectivity index (χ0) is 21.4. The molecule has 3 unspecified atom stereocenters. The van der Waals surface area contributed by atoms with Crippen molar-refractivity contribution in [3.63, 3.8) is 0 Å². The number of anilines is 3. The van der Waals surface area contributed by atoms with Gasteiger partial charge in [0.05, 0.1) is 16.9 Å². The van der Waals surface area contributed by atoms with Gasteiger partial charge in [0, 0.05) is 42.8 Å². The van der Waals surface area contributed by atoms with Crippen LogP contribution in [0.25, 0.3) is 0 Å². The Hall–Kier alpha value is -2.76. The highest BCUT2D eigenvalue weighted by Crippen LogP contribution is 2.40. The molecule has 0 aliphatic carbocycles. The summed E-state index contributed by atoms with van der Waals surface area (Å²) in [5.74, 6) is 1.03. The standard InChI is InChI=1S/C23H26N6OS/c24-13-16-12-17(5-6-18(16)25)29-11-8-19-21(23(29)30)31-22(27-19)15-4-7-20(26-14-15)28-9-2-1-3-10-28/h4-7,12,14,19,21,23,30H,1-3,8-11,25H2. The molecule has 0 saturated carbocycles. The average molecular weight is 435 g/mol. The molecule has 0 amide bonds. The molecule has 31 heavy (non-hydrogen) atoms. The van der Waals surface area contributed by atoms with E-state index in [1.54, 1.807) is 23.9 Å². The summed E-state index contributed by atoms with van der Waals surface area (Å²) in [5, 5.41) is 21.3. The summed E-state index contributed by atoms with van der Waals surface area (Å²) in [5.41, 5.74) is 8.57. The minimum Gasteiger partial charge on any atom is -0.398 e. The lowest BCUT2D eigenvalue weighted by Gasteiger charge is -2.40. The molecule has 3 aliphatic heterocycles. The first-order valence-corrected chi connectivity index (χ1v) is 11.7. The van der Waals surface area contributed by atoms with Gasteiger partial charge in [-0.15, -0.1) is 0 Å². The van der Waals surface area contributed by atoms with Gasteiger partial charge in [-0.3, -0.25) is 4.99 Å². The van der Waals surface area contributed by atoms with Gasteiger partial charge in [-0.25, -0.2) is 4.98 Å². The van der Waals surface area contributed by atoms with Crippen molar-refractivity contribution in [3.8, 4) is 6.07 Å². The molecule has 3 atom stereocenters. The van der Waals surface area contributed by atoms with E-state index in [0.717, 1.165) is 41.6 Å². The molecule has 160 valence electrons. The quantitative estimate of drug-likeness (QED) is 0.716. The molecule has 2 fully saturated rings. The van der Waals surface area contributed by atoms with Gasteiger partial charge in [-0.1, -0.05) is 11.8 Å². The molecule has 2 saturated heterocycles. The first kappa shape index (κ1) is 20.2. The fraction of sp³-hybridized carbons (Fsp3) is 0.435. The third kappa shape index (κ3) is 3.84. The van der Waals surface area contributed by atoms with E-state index in [1.165, 1.54) is 19.3 Å². The molecule has 2 aromatic rings. The Labute approximate surface area is 186 Å². The van der Waals surface area contributed by atoms with Crippen molar-refractivity contribution in [2.75, 3.05) is 35.2 Å². The van der Waals surface area contributed by atoms with Crippen LogP contribution in [-0.4, -0.2) is 52.3 Å². The van der Waals surface area contributed by atoms with Crippen LogP contribution in [-0.2, 0) is 0 Å². The predicted octanol–water partition coefficient (Wildman–Crippen LogP) is 2.99. The Balaban J connectivity index is 1.30. The van der Waals surface area contributed by atoms with Gasteiger partial charge in [0.2, 0.25) is 0 Å². The van der Waals surface area contributed by atoms with E-state index in [2.05, 4.69) is 28.1 Å².